The molecule has 2 rings (SSSR count). The predicted octanol–water partition coefficient (Wildman–Crippen LogP) is 4.06. The van der Waals surface area contributed by atoms with Crippen LogP contribution in [-0.2, 0) is 11.2 Å². The molecule has 2 aromatic rings. The molecular formula is C20H25NO4. The maximum absolute atomic E-state index is 12.4. The highest BCUT2D eigenvalue weighted by molar-refractivity contribution is 5.92. The van der Waals surface area contributed by atoms with Gasteiger partial charge in [0.15, 0.2) is 0 Å². The first-order valence-electron chi connectivity index (χ1n) is 8.49. The number of para-hydroxylation sites is 1. The molecule has 0 bridgehead atoms. The molecule has 1 amide bonds. The number of hydrogen-bond acceptors (Lipinski definition) is 4. The molecule has 0 atom stereocenters. The summed E-state index contributed by atoms with van der Waals surface area (Å²) in [4.78, 5) is 12.4. The number of methoxy groups -OCH3 is 1. The molecule has 0 aromatic heterocycles. The molecule has 2 aromatic carbocycles. The third-order valence-electron chi connectivity index (χ3n) is 3.65. The molecular weight excluding hydrogens is 318 g/mol. The Labute approximate surface area is 148 Å². The number of rotatable bonds is 9. The lowest BCUT2D eigenvalue weighted by molar-refractivity contribution is -0.116. The average Bonchev–Trinajstić information content (AvgIpc) is 2.62. The second kappa shape index (κ2) is 9.57. The van der Waals surface area contributed by atoms with E-state index < -0.39 is 0 Å². The molecule has 0 saturated heterocycles. The van der Waals surface area contributed by atoms with Gasteiger partial charge in [-0.3, -0.25) is 4.79 Å². The number of aryl methyl sites for hydroxylation is 1. The fraction of sp³-hybridized carbons (Fsp3) is 0.350. The third-order valence-corrected chi connectivity index (χ3v) is 3.65. The minimum atomic E-state index is -0.0829. The number of ether oxygens (including phenoxy) is 3. The lowest BCUT2D eigenvalue weighted by Crippen LogP contribution is -2.14. The van der Waals surface area contributed by atoms with E-state index in [1.165, 1.54) is 0 Å². The zero-order valence-electron chi connectivity index (χ0n) is 15.0. The van der Waals surface area contributed by atoms with Gasteiger partial charge in [-0.1, -0.05) is 18.2 Å². The van der Waals surface area contributed by atoms with Gasteiger partial charge in [0.2, 0.25) is 5.91 Å². The summed E-state index contributed by atoms with van der Waals surface area (Å²) in [7, 11) is 1.63. The van der Waals surface area contributed by atoms with Crippen molar-refractivity contribution in [3.63, 3.8) is 0 Å². The summed E-state index contributed by atoms with van der Waals surface area (Å²) >= 11 is 0. The van der Waals surface area contributed by atoms with E-state index in [1.807, 2.05) is 50.2 Å². The third kappa shape index (κ3) is 5.41. The van der Waals surface area contributed by atoms with E-state index in [2.05, 4.69) is 5.32 Å². The van der Waals surface area contributed by atoms with Crippen LogP contribution in [0.25, 0.3) is 0 Å². The molecule has 0 aliphatic carbocycles. The Balaban J connectivity index is 2.04. The molecule has 0 unspecified atom stereocenters. The van der Waals surface area contributed by atoms with Crippen molar-refractivity contribution in [2.75, 3.05) is 25.6 Å². The minimum absolute atomic E-state index is 0.0829. The maximum Gasteiger partial charge on any atom is 0.224 e. The highest BCUT2D eigenvalue weighted by Crippen LogP contribution is 2.30. The van der Waals surface area contributed by atoms with Gasteiger partial charge in [-0.25, -0.2) is 0 Å². The van der Waals surface area contributed by atoms with Crippen LogP contribution in [0, 0.1) is 0 Å². The molecule has 1 N–H and O–H groups in total. The van der Waals surface area contributed by atoms with Gasteiger partial charge < -0.3 is 19.5 Å². The lowest BCUT2D eigenvalue weighted by Gasteiger charge is -2.14. The summed E-state index contributed by atoms with van der Waals surface area (Å²) in [5.41, 5.74) is 1.63. The van der Waals surface area contributed by atoms with Crippen molar-refractivity contribution in [3.05, 3.63) is 48.0 Å². The number of nitrogens with one attached hydrogen (secondary N) is 1. The highest BCUT2D eigenvalue weighted by atomic mass is 16.5. The van der Waals surface area contributed by atoms with Gasteiger partial charge in [0, 0.05) is 12.5 Å². The van der Waals surface area contributed by atoms with Gasteiger partial charge >= 0.3 is 0 Å². The summed E-state index contributed by atoms with van der Waals surface area (Å²) < 4.78 is 16.4. The number of carbonyl (C=O) groups is 1. The van der Waals surface area contributed by atoms with E-state index in [1.54, 1.807) is 13.2 Å². The lowest BCUT2D eigenvalue weighted by atomic mass is 10.1. The zero-order valence-corrected chi connectivity index (χ0v) is 15.0. The summed E-state index contributed by atoms with van der Waals surface area (Å²) in [5, 5.41) is 2.92. The van der Waals surface area contributed by atoms with Crippen LogP contribution in [0.4, 0.5) is 5.69 Å². The average molecular weight is 343 g/mol. The largest absolute Gasteiger partial charge is 0.496 e. The molecule has 5 nitrogen and oxygen atoms in total. The van der Waals surface area contributed by atoms with Crippen LogP contribution in [0.2, 0.25) is 0 Å². The van der Waals surface area contributed by atoms with Gasteiger partial charge in [0.05, 0.1) is 26.0 Å². The van der Waals surface area contributed by atoms with Crippen LogP contribution in [-0.4, -0.2) is 26.2 Å². The van der Waals surface area contributed by atoms with E-state index in [0.29, 0.717) is 43.2 Å². The highest BCUT2D eigenvalue weighted by Gasteiger charge is 2.11. The molecule has 0 saturated carbocycles. The van der Waals surface area contributed by atoms with Crippen LogP contribution in [0.15, 0.2) is 42.5 Å². The van der Waals surface area contributed by atoms with Crippen molar-refractivity contribution >= 4 is 11.6 Å². The molecule has 0 heterocycles. The topological polar surface area (TPSA) is 56.8 Å². The van der Waals surface area contributed by atoms with Gasteiger partial charge in [0.1, 0.15) is 17.2 Å². The van der Waals surface area contributed by atoms with Gasteiger partial charge in [0.25, 0.3) is 0 Å². The number of amides is 1. The van der Waals surface area contributed by atoms with Crippen molar-refractivity contribution in [1.82, 2.24) is 0 Å². The van der Waals surface area contributed by atoms with Crippen molar-refractivity contribution in [2.24, 2.45) is 0 Å². The van der Waals surface area contributed by atoms with Crippen molar-refractivity contribution < 1.29 is 19.0 Å². The Bertz CT molecular complexity index is 700. The molecule has 134 valence electrons. The van der Waals surface area contributed by atoms with E-state index in [-0.39, 0.29) is 5.91 Å². The molecule has 25 heavy (non-hydrogen) atoms. The quantitative estimate of drug-likeness (QED) is 0.746. The normalized spacial score (nSPS) is 10.2. The minimum Gasteiger partial charge on any atom is -0.496 e. The van der Waals surface area contributed by atoms with Crippen LogP contribution in [0.3, 0.4) is 0 Å². The first-order valence-corrected chi connectivity index (χ1v) is 8.49. The second-order valence-electron chi connectivity index (χ2n) is 5.38. The van der Waals surface area contributed by atoms with Crippen molar-refractivity contribution in [2.45, 2.75) is 26.7 Å². The van der Waals surface area contributed by atoms with Crippen LogP contribution >= 0.6 is 0 Å². The van der Waals surface area contributed by atoms with Gasteiger partial charge in [-0.2, -0.15) is 0 Å². The van der Waals surface area contributed by atoms with E-state index >= 15 is 0 Å². The first kappa shape index (κ1) is 18.6. The van der Waals surface area contributed by atoms with E-state index in [0.717, 1.165) is 11.3 Å². The van der Waals surface area contributed by atoms with Gasteiger partial charge in [-0.05, 0) is 44.0 Å². The fourth-order valence-corrected chi connectivity index (χ4v) is 2.52. The monoisotopic (exact) mass is 343 g/mol. The molecule has 0 spiro atoms. The fourth-order valence-electron chi connectivity index (χ4n) is 2.52. The molecule has 5 heteroatoms. The second-order valence-corrected chi connectivity index (χ2v) is 5.38. The Morgan fingerprint density at radius 2 is 1.76 bits per heavy atom. The Hall–Kier alpha value is -2.69. The van der Waals surface area contributed by atoms with Crippen LogP contribution in [0.1, 0.15) is 25.8 Å². The SMILES string of the molecule is CCOc1ccc(OCC)c(NC(=O)CCc2ccccc2OC)c1. The Morgan fingerprint density at radius 1 is 1.00 bits per heavy atom. The van der Waals surface area contributed by atoms with E-state index in [9.17, 15) is 4.79 Å². The Kier molecular flexibility index (Phi) is 7.14. The molecule has 0 radical (unpaired) electrons. The number of hydrogen-bond donors (Lipinski definition) is 1. The van der Waals surface area contributed by atoms with E-state index in [4.69, 9.17) is 14.2 Å². The summed E-state index contributed by atoms with van der Waals surface area (Å²) in [6, 6.07) is 13.1. The Morgan fingerprint density at radius 3 is 2.48 bits per heavy atom. The summed E-state index contributed by atoms with van der Waals surface area (Å²) in [5.74, 6) is 2.05. The number of benzene rings is 2. The maximum atomic E-state index is 12.4. The summed E-state index contributed by atoms with van der Waals surface area (Å²) in [6.45, 7) is 4.92. The smallest absolute Gasteiger partial charge is 0.224 e. The predicted molar refractivity (Wildman–Crippen MR) is 98.7 cm³/mol. The van der Waals surface area contributed by atoms with Gasteiger partial charge in [-0.15, -0.1) is 0 Å². The van der Waals surface area contributed by atoms with Crippen molar-refractivity contribution in [3.8, 4) is 17.2 Å². The molecule has 0 aliphatic rings. The zero-order chi connectivity index (χ0) is 18.1. The molecule has 0 fully saturated rings. The first-order chi connectivity index (χ1) is 12.2. The van der Waals surface area contributed by atoms with Crippen LogP contribution < -0.4 is 19.5 Å². The van der Waals surface area contributed by atoms with Crippen molar-refractivity contribution in [1.29, 1.82) is 0 Å². The summed E-state index contributed by atoms with van der Waals surface area (Å²) in [6.07, 6.45) is 0.954. The molecule has 0 aliphatic heterocycles. The number of carbonyl (C=O) groups excluding carboxylic acids is 1. The number of anilines is 1. The standard InChI is InChI=1S/C20H25NO4/c1-4-24-16-11-12-19(25-5-2)17(14-16)21-20(22)13-10-15-8-6-7-9-18(15)23-3/h6-9,11-12,14H,4-5,10,13H2,1-3H3,(H,21,22). The van der Waals surface area contributed by atoms with Crippen LogP contribution in [0.5, 0.6) is 17.2 Å².